The number of sulfone groups is 1. The highest BCUT2D eigenvalue weighted by atomic mass is 32.2. The molecule has 2 atom stereocenters. The predicted molar refractivity (Wildman–Crippen MR) is 99.3 cm³/mol. The van der Waals surface area contributed by atoms with Gasteiger partial charge in [-0.15, -0.1) is 0 Å². The number of aromatic nitrogens is 1. The van der Waals surface area contributed by atoms with E-state index in [1.54, 1.807) is 18.3 Å². The monoisotopic (exact) mass is 380 g/mol. The lowest BCUT2D eigenvalue weighted by molar-refractivity contribution is -0.134. The van der Waals surface area contributed by atoms with Crippen LogP contribution in [0.3, 0.4) is 0 Å². The molecule has 0 saturated carbocycles. The predicted octanol–water partition coefficient (Wildman–Crippen LogP) is 1.23. The molecule has 8 heteroatoms. The SMILES string of the molecule is CCCC1CC(C(=O)N2CCC(c3ncccc3S(C)(=O)=O)CC2)NN1. The molecule has 1 aromatic heterocycles. The van der Waals surface area contributed by atoms with Gasteiger partial charge in [0, 0.05) is 37.5 Å². The van der Waals surface area contributed by atoms with Crippen molar-refractivity contribution in [1.82, 2.24) is 20.7 Å². The van der Waals surface area contributed by atoms with Crippen molar-refractivity contribution in [2.75, 3.05) is 19.3 Å². The number of carbonyl (C=O) groups excluding carboxylic acids is 1. The number of carbonyl (C=O) groups is 1. The van der Waals surface area contributed by atoms with Crippen LogP contribution in [0, 0.1) is 0 Å². The van der Waals surface area contributed by atoms with Crippen LogP contribution >= 0.6 is 0 Å². The molecule has 2 N–H and O–H groups in total. The molecular weight excluding hydrogens is 352 g/mol. The van der Waals surface area contributed by atoms with E-state index in [1.807, 2.05) is 4.90 Å². The summed E-state index contributed by atoms with van der Waals surface area (Å²) in [5.74, 6) is 0.214. The van der Waals surface area contributed by atoms with Crippen LogP contribution in [-0.2, 0) is 14.6 Å². The lowest BCUT2D eigenvalue weighted by Gasteiger charge is -2.33. The fourth-order valence-corrected chi connectivity index (χ4v) is 4.86. The van der Waals surface area contributed by atoms with E-state index >= 15 is 0 Å². The Balaban J connectivity index is 1.61. The van der Waals surface area contributed by atoms with Gasteiger partial charge in [0.05, 0.1) is 10.6 Å². The van der Waals surface area contributed by atoms with Gasteiger partial charge in [-0.3, -0.25) is 15.2 Å². The number of pyridine rings is 1. The summed E-state index contributed by atoms with van der Waals surface area (Å²) in [6, 6.07) is 3.48. The molecule has 3 rings (SSSR count). The molecule has 0 spiro atoms. The Morgan fingerprint density at radius 1 is 1.31 bits per heavy atom. The van der Waals surface area contributed by atoms with Crippen molar-refractivity contribution in [3.63, 3.8) is 0 Å². The summed E-state index contributed by atoms with van der Waals surface area (Å²) in [7, 11) is -3.30. The highest BCUT2D eigenvalue weighted by Crippen LogP contribution is 2.31. The average Bonchev–Trinajstić information content (AvgIpc) is 3.09. The van der Waals surface area contributed by atoms with Crippen molar-refractivity contribution < 1.29 is 13.2 Å². The van der Waals surface area contributed by atoms with Crippen molar-refractivity contribution in [1.29, 1.82) is 0 Å². The molecule has 0 bridgehead atoms. The van der Waals surface area contributed by atoms with E-state index in [1.165, 1.54) is 6.26 Å². The zero-order valence-corrected chi connectivity index (χ0v) is 16.3. The van der Waals surface area contributed by atoms with E-state index in [2.05, 4.69) is 22.8 Å². The van der Waals surface area contributed by atoms with Gasteiger partial charge in [-0.05, 0) is 37.8 Å². The first kappa shape index (κ1) is 19.3. The Morgan fingerprint density at radius 3 is 2.69 bits per heavy atom. The topological polar surface area (TPSA) is 91.4 Å². The highest BCUT2D eigenvalue weighted by molar-refractivity contribution is 7.90. The van der Waals surface area contributed by atoms with E-state index in [4.69, 9.17) is 0 Å². The van der Waals surface area contributed by atoms with Gasteiger partial charge in [0.2, 0.25) is 5.91 Å². The first-order chi connectivity index (χ1) is 12.4. The number of nitrogens with one attached hydrogen (secondary N) is 2. The lowest BCUT2D eigenvalue weighted by Crippen LogP contribution is -2.48. The molecular formula is C18H28N4O3S. The fraction of sp³-hybridized carbons (Fsp3) is 0.667. The van der Waals surface area contributed by atoms with Gasteiger partial charge in [0.1, 0.15) is 6.04 Å². The molecule has 2 saturated heterocycles. The summed E-state index contributed by atoms with van der Waals surface area (Å²) >= 11 is 0. The normalized spacial score (nSPS) is 24.8. The molecule has 2 fully saturated rings. The number of hydrogen-bond acceptors (Lipinski definition) is 6. The van der Waals surface area contributed by atoms with E-state index in [0.29, 0.717) is 29.7 Å². The standard InChI is InChI=1S/C18H28N4O3S/c1-3-5-14-12-15(21-20-14)18(23)22-10-7-13(8-11-22)17-16(26(2,24)25)6-4-9-19-17/h4,6,9,13-15,20-21H,3,5,7-8,10-12H2,1-2H3. The maximum Gasteiger partial charge on any atom is 0.241 e. The maximum absolute atomic E-state index is 12.7. The Bertz CT molecular complexity index is 745. The number of hydrazine groups is 1. The third-order valence-electron chi connectivity index (χ3n) is 5.31. The van der Waals surface area contributed by atoms with Crippen LogP contribution in [0.25, 0.3) is 0 Å². The molecule has 1 aromatic rings. The van der Waals surface area contributed by atoms with Crippen molar-refractivity contribution in [2.24, 2.45) is 0 Å². The third-order valence-corrected chi connectivity index (χ3v) is 6.45. The van der Waals surface area contributed by atoms with E-state index < -0.39 is 9.84 Å². The molecule has 144 valence electrons. The molecule has 26 heavy (non-hydrogen) atoms. The van der Waals surface area contributed by atoms with Crippen LogP contribution < -0.4 is 10.9 Å². The van der Waals surface area contributed by atoms with Gasteiger partial charge in [-0.25, -0.2) is 13.8 Å². The molecule has 3 heterocycles. The molecule has 2 unspecified atom stereocenters. The van der Waals surface area contributed by atoms with Crippen LogP contribution in [0.15, 0.2) is 23.2 Å². The summed E-state index contributed by atoms with van der Waals surface area (Å²) in [5.41, 5.74) is 6.98. The minimum Gasteiger partial charge on any atom is -0.341 e. The Hall–Kier alpha value is -1.51. The number of amides is 1. The Kier molecular flexibility index (Phi) is 5.94. The first-order valence-electron chi connectivity index (χ1n) is 9.35. The van der Waals surface area contributed by atoms with Gasteiger partial charge in [-0.1, -0.05) is 13.3 Å². The quantitative estimate of drug-likeness (QED) is 0.798. The minimum absolute atomic E-state index is 0.0764. The number of hydrogen-bond donors (Lipinski definition) is 2. The molecule has 0 radical (unpaired) electrons. The van der Waals surface area contributed by atoms with Crippen LogP contribution in [0.2, 0.25) is 0 Å². The average molecular weight is 381 g/mol. The lowest BCUT2D eigenvalue weighted by atomic mass is 9.92. The summed E-state index contributed by atoms with van der Waals surface area (Å²) in [6.07, 6.45) is 7.32. The second kappa shape index (κ2) is 8.02. The Labute approximate surface area is 155 Å². The Morgan fingerprint density at radius 2 is 2.04 bits per heavy atom. The zero-order chi connectivity index (χ0) is 18.7. The van der Waals surface area contributed by atoms with Crippen LogP contribution in [0.5, 0.6) is 0 Å². The molecule has 0 aromatic carbocycles. The number of piperidine rings is 1. The van der Waals surface area contributed by atoms with Crippen molar-refractivity contribution in [2.45, 2.75) is 61.9 Å². The number of nitrogens with zero attached hydrogens (tertiary/aromatic N) is 2. The molecule has 2 aliphatic heterocycles. The summed E-state index contributed by atoms with van der Waals surface area (Å²) in [5, 5.41) is 0. The summed E-state index contributed by atoms with van der Waals surface area (Å²) in [6.45, 7) is 3.42. The zero-order valence-electron chi connectivity index (χ0n) is 15.4. The van der Waals surface area contributed by atoms with Crippen LogP contribution in [0.4, 0.5) is 0 Å². The van der Waals surface area contributed by atoms with E-state index in [9.17, 15) is 13.2 Å². The van der Waals surface area contributed by atoms with Crippen LogP contribution in [-0.4, -0.2) is 55.6 Å². The largest absolute Gasteiger partial charge is 0.341 e. The second-order valence-electron chi connectivity index (χ2n) is 7.32. The van der Waals surface area contributed by atoms with Gasteiger partial charge >= 0.3 is 0 Å². The van der Waals surface area contributed by atoms with Gasteiger partial charge in [0.15, 0.2) is 9.84 Å². The fourth-order valence-electron chi connectivity index (χ4n) is 3.94. The highest BCUT2D eigenvalue weighted by Gasteiger charge is 2.34. The second-order valence-corrected chi connectivity index (χ2v) is 9.31. The van der Waals surface area contributed by atoms with Crippen LogP contribution in [0.1, 0.15) is 50.6 Å². The van der Waals surface area contributed by atoms with E-state index in [-0.39, 0.29) is 17.9 Å². The van der Waals surface area contributed by atoms with Crippen molar-refractivity contribution in [3.8, 4) is 0 Å². The maximum atomic E-state index is 12.7. The van der Waals surface area contributed by atoms with Crippen molar-refractivity contribution in [3.05, 3.63) is 24.0 Å². The number of rotatable bonds is 5. The molecule has 0 aliphatic carbocycles. The first-order valence-corrected chi connectivity index (χ1v) is 11.2. The van der Waals surface area contributed by atoms with Gasteiger partial charge < -0.3 is 4.90 Å². The summed E-state index contributed by atoms with van der Waals surface area (Å²) < 4.78 is 24.0. The third kappa shape index (κ3) is 4.24. The molecule has 2 aliphatic rings. The van der Waals surface area contributed by atoms with Crippen molar-refractivity contribution >= 4 is 15.7 Å². The summed E-state index contributed by atoms with van der Waals surface area (Å²) in [4.78, 5) is 19.3. The smallest absolute Gasteiger partial charge is 0.241 e. The van der Waals surface area contributed by atoms with E-state index in [0.717, 1.165) is 32.1 Å². The number of likely N-dealkylation sites (tertiary alicyclic amines) is 1. The minimum atomic E-state index is -3.30. The molecule has 7 nitrogen and oxygen atoms in total. The molecule has 1 amide bonds. The van der Waals surface area contributed by atoms with Gasteiger partial charge in [-0.2, -0.15) is 0 Å². The van der Waals surface area contributed by atoms with Gasteiger partial charge in [0.25, 0.3) is 0 Å².